The van der Waals surface area contributed by atoms with Gasteiger partial charge in [0.05, 0.1) is 6.04 Å². The van der Waals surface area contributed by atoms with Gasteiger partial charge in [-0.15, -0.1) is 10.2 Å². The predicted octanol–water partition coefficient (Wildman–Crippen LogP) is 3.50. The van der Waals surface area contributed by atoms with Crippen molar-refractivity contribution in [3.8, 4) is 0 Å². The standard InChI is InChI=1S/C15H19N3S/c1-16-13(11-7-3-2-4-8-11)15-18-17-14(19-15)12-9-5-6-10-12/h2-4,7-8,12-13,16H,5-6,9-10H2,1H3. The van der Waals surface area contributed by atoms with Crippen molar-refractivity contribution in [3.63, 3.8) is 0 Å². The quantitative estimate of drug-likeness (QED) is 0.926. The average Bonchev–Trinajstić information content (AvgIpc) is 3.11. The van der Waals surface area contributed by atoms with Crippen molar-refractivity contribution >= 4 is 11.3 Å². The predicted molar refractivity (Wildman–Crippen MR) is 78.5 cm³/mol. The summed E-state index contributed by atoms with van der Waals surface area (Å²) in [6, 6.07) is 10.6. The summed E-state index contributed by atoms with van der Waals surface area (Å²) < 4.78 is 0. The number of hydrogen-bond acceptors (Lipinski definition) is 4. The summed E-state index contributed by atoms with van der Waals surface area (Å²) in [5.41, 5.74) is 1.25. The van der Waals surface area contributed by atoms with E-state index in [1.807, 2.05) is 13.1 Å². The van der Waals surface area contributed by atoms with Crippen LogP contribution in [0.5, 0.6) is 0 Å². The zero-order valence-corrected chi connectivity index (χ0v) is 12.0. The highest BCUT2D eigenvalue weighted by Crippen LogP contribution is 2.37. The van der Waals surface area contributed by atoms with Crippen molar-refractivity contribution in [2.75, 3.05) is 7.05 Å². The first kappa shape index (κ1) is 12.8. The lowest BCUT2D eigenvalue weighted by atomic mass is 10.1. The third-order valence-electron chi connectivity index (χ3n) is 3.83. The Morgan fingerprint density at radius 2 is 1.89 bits per heavy atom. The number of hydrogen-bond donors (Lipinski definition) is 1. The molecule has 1 aliphatic carbocycles. The van der Waals surface area contributed by atoms with E-state index in [1.165, 1.54) is 36.3 Å². The normalized spacial score (nSPS) is 17.7. The Hall–Kier alpha value is -1.26. The van der Waals surface area contributed by atoms with Gasteiger partial charge in [0, 0.05) is 5.92 Å². The van der Waals surface area contributed by atoms with Crippen molar-refractivity contribution in [1.82, 2.24) is 15.5 Å². The Labute approximate surface area is 118 Å². The van der Waals surface area contributed by atoms with Crippen LogP contribution in [0.4, 0.5) is 0 Å². The molecular weight excluding hydrogens is 254 g/mol. The van der Waals surface area contributed by atoms with Gasteiger partial charge >= 0.3 is 0 Å². The van der Waals surface area contributed by atoms with Crippen molar-refractivity contribution in [1.29, 1.82) is 0 Å². The number of nitrogens with one attached hydrogen (secondary N) is 1. The molecule has 0 spiro atoms. The van der Waals surface area contributed by atoms with Crippen LogP contribution in [0.15, 0.2) is 30.3 Å². The summed E-state index contributed by atoms with van der Waals surface area (Å²) in [5.74, 6) is 0.652. The first-order valence-electron chi connectivity index (χ1n) is 6.94. The maximum Gasteiger partial charge on any atom is 0.139 e. The lowest BCUT2D eigenvalue weighted by Gasteiger charge is -2.12. The second-order valence-electron chi connectivity index (χ2n) is 5.09. The second kappa shape index (κ2) is 5.80. The van der Waals surface area contributed by atoms with Crippen molar-refractivity contribution in [2.24, 2.45) is 0 Å². The SMILES string of the molecule is CNC(c1ccccc1)c1nnc(C2CCCC2)s1. The molecule has 0 bridgehead atoms. The molecule has 0 radical (unpaired) electrons. The smallest absolute Gasteiger partial charge is 0.139 e. The van der Waals surface area contributed by atoms with Gasteiger partial charge in [0.1, 0.15) is 10.0 Å². The molecule has 0 saturated heterocycles. The maximum absolute atomic E-state index is 4.42. The van der Waals surface area contributed by atoms with Gasteiger partial charge in [-0.05, 0) is 25.5 Å². The van der Waals surface area contributed by atoms with Crippen LogP contribution in [-0.4, -0.2) is 17.2 Å². The molecule has 100 valence electrons. The monoisotopic (exact) mass is 273 g/mol. The average molecular weight is 273 g/mol. The minimum absolute atomic E-state index is 0.161. The van der Waals surface area contributed by atoms with Gasteiger partial charge in [-0.3, -0.25) is 0 Å². The van der Waals surface area contributed by atoms with E-state index >= 15 is 0 Å². The topological polar surface area (TPSA) is 37.8 Å². The van der Waals surface area contributed by atoms with Gasteiger partial charge in [-0.1, -0.05) is 54.5 Å². The Balaban J connectivity index is 1.84. The van der Waals surface area contributed by atoms with Crippen LogP contribution in [0.1, 0.15) is 53.2 Å². The lowest BCUT2D eigenvalue weighted by molar-refractivity contribution is 0.669. The Morgan fingerprint density at radius 1 is 1.16 bits per heavy atom. The third kappa shape index (κ3) is 2.69. The number of benzene rings is 1. The molecule has 1 unspecified atom stereocenters. The maximum atomic E-state index is 4.42. The summed E-state index contributed by atoms with van der Waals surface area (Å²) in [6.45, 7) is 0. The minimum atomic E-state index is 0.161. The summed E-state index contributed by atoms with van der Waals surface area (Å²) in [6.07, 6.45) is 5.25. The van der Waals surface area contributed by atoms with Crippen LogP contribution in [0, 0.1) is 0 Å². The Bertz CT molecular complexity index is 517. The molecule has 1 heterocycles. The minimum Gasteiger partial charge on any atom is -0.307 e. The highest BCUT2D eigenvalue weighted by Gasteiger charge is 2.23. The second-order valence-corrected chi connectivity index (χ2v) is 6.13. The molecule has 1 aliphatic rings. The first-order valence-corrected chi connectivity index (χ1v) is 7.75. The molecular formula is C15H19N3S. The molecule has 0 aliphatic heterocycles. The van der Waals surface area contributed by atoms with Gasteiger partial charge < -0.3 is 5.32 Å². The highest BCUT2D eigenvalue weighted by molar-refractivity contribution is 7.11. The van der Waals surface area contributed by atoms with E-state index in [0.717, 1.165) is 5.01 Å². The molecule has 2 aromatic rings. The zero-order chi connectivity index (χ0) is 13.1. The van der Waals surface area contributed by atoms with Gasteiger partial charge in [0.25, 0.3) is 0 Å². The molecule has 1 atom stereocenters. The molecule has 1 N–H and O–H groups in total. The molecule has 1 saturated carbocycles. The van der Waals surface area contributed by atoms with E-state index in [0.29, 0.717) is 5.92 Å². The Kier molecular flexibility index (Phi) is 3.89. The van der Waals surface area contributed by atoms with E-state index in [1.54, 1.807) is 11.3 Å². The number of rotatable bonds is 4. The van der Waals surface area contributed by atoms with E-state index in [4.69, 9.17) is 0 Å². The molecule has 3 rings (SSSR count). The first-order chi connectivity index (χ1) is 9.38. The summed E-state index contributed by atoms with van der Waals surface area (Å²) in [4.78, 5) is 0. The Morgan fingerprint density at radius 3 is 2.58 bits per heavy atom. The van der Waals surface area contributed by atoms with Gasteiger partial charge in [-0.25, -0.2) is 0 Å². The van der Waals surface area contributed by atoms with E-state index < -0.39 is 0 Å². The van der Waals surface area contributed by atoms with Crippen molar-refractivity contribution in [3.05, 3.63) is 45.9 Å². The lowest BCUT2D eigenvalue weighted by Crippen LogP contribution is -2.17. The van der Waals surface area contributed by atoms with Crippen molar-refractivity contribution < 1.29 is 0 Å². The fourth-order valence-electron chi connectivity index (χ4n) is 2.78. The van der Waals surface area contributed by atoms with Crippen LogP contribution in [-0.2, 0) is 0 Å². The third-order valence-corrected chi connectivity index (χ3v) is 4.98. The molecule has 4 heteroatoms. The van der Waals surface area contributed by atoms with Crippen LogP contribution in [0.2, 0.25) is 0 Å². The van der Waals surface area contributed by atoms with Crippen LogP contribution < -0.4 is 5.32 Å². The number of aromatic nitrogens is 2. The molecule has 1 fully saturated rings. The van der Waals surface area contributed by atoms with Crippen LogP contribution in [0.3, 0.4) is 0 Å². The summed E-state index contributed by atoms with van der Waals surface area (Å²) in [7, 11) is 1.98. The molecule has 1 aromatic heterocycles. The zero-order valence-electron chi connectivity index (χ0n) is 11.2. The molecule has 3 nitrogen and oxygen atoms in total. The van der Waals surface area contributed by atoms with E-state index in [-0.39, 0.29) is 6.04 Å². The molecule has 0 amide bonds. The van der Waals surface area contributed by atoms with Gasteiger partial charge in [-0.2, -0.15) is 0 Å². The van der Waals surface area contributed by atoms with Gasteiger partial charge in [0.15, 0.2) is 0 Å². The molecule has 1 aromatic carbocycles. The van der Waals surface area contributed by atoms with Gasteiger partial charge in [0.2, 0.25) is 0 Å². The fourth-order valence-corrected chi connectivity index (χ4v) is 3.93. The van der Waals surface area contributed by atoms with E-state index in [9.17, 15) is 0 Å². The van der Waals surface area contributed by atoms with Crippen molar-refractivity contribution in [2.45, 2.75) is 37.6 Å². The molecule has 19 heavy (non-hydrogen) atoms. The number of nitrogens with zero attached hydrogens (tertiary/aromatic N) is 2. The highest BCUT2D eigenvalue weighted by atomic mass is 32.1. The van der Waals surface area contributed by atoms with E-state index in [2.05, 4.69) is 39.8 Å². The van der Waals surface area contributed by atoms with Crippen LogP contribution in [0.25, 0.3) is 0 Å². The largest absolute Gasteiger partial charge is 0.307 e. The van der Waals surface area contributed by atoms with Crippen LogP contribution >= 0.6 is 11.3 Å². The summed E-state index contributed by atoms with van der Waals surface area (Å²) in [5, 5.41) is 14.5. The fraction of sp³-hybridized carbons (Fsp3) is 0.467. The summed E-state index contributed by atoms with van der Waals surface area (Å²) >= 11 is 1.77.